The highest BCUT2D eigenvalue weighted by atomic mass is 16.6. The molecule has 0 unspecified atom stereocenters. The van der Waals surface area contributed by atoms with Crippen molar-refractivity contribution < 1.29 is 23.8 Å². The topological polar surface area (TPSA) is 88.8 Å². The first-order valence-corrected chi connectivity index (χ1v) is 6.01. The van der Waals surface area contributed by atoms with Gasteiger partial charge in [-0.1, -0.05) is 0 Å². The molecule has 1 heterocycles. The Kier molecular flexibility index (Phi) is 3.40. The van der Waals surface area contributed by atoms with Gasteiger partial charge in [-0.2, -0.15) is 0 Å². The number of rotatable bonds is 2. The molecule has 0 aliphatic heterocycles. The van der Waals surface area contributed by atoms with Gasteiger partial charge in [0.1, 0.15) is 5.60 Å². The minimum absolute atomic E-state index is 0.114. The zero-order valence-electron chi connectivity index (χ0n) is 11.4. The molecule has 2 rings (SSSR count). The van der Waals surface area contributed by atoms with Crippen molar-refractivity contribution in [3.05, 3.63) is 30.0 Å². The van der Waals surface area contributed by atoms with Crippen molar-refractivity contribution in [3.8, 4) is 0 Å². The number of aromatic carboxylic acids is 1. The Morgan fingerprint density at radius 1 is 1.25 bits per heavy atom. The van der Waals surface area contributed by atoms with Crippen molar-refractivity contribution >= 4 is 28.7 Å². The van der Waals surface area contributed by atoms with Crippen LogP contribution in [0.2, 0.25) is 0 Å². The van der Waals surface area contributed by atoms with E-state index in [4.69, 9.17) is 14.3 Å². The maximum atomic E-state index is 11.7. The summed E-state index contributed by atoms with van der Waals surface area (Å²) in [5.41, 5.74) is 0.163. The van der Waals surface area contributed by atoms with Crippen molar-refractivity contribution in [1.82, 2.24) is 0 Å². The number of furan rings is 1. The summed E-state index contributed by atoms with van der Waals surface area (Å²) in [5, 5.41) is 12.0. The maximum Gasteiger partial charge on any atom is 0.412 e. The number of carboxylic acid groups (broad SMARTS) is 1. The molecule has 2 aromatic rings. The Balaban J connectivity index is 2.33. The summed E-state index contributed by atoms with van der Waals surface area (Å²) in [4.78, 5) is 22.8. The van der Waals surface area contributed by atoms with Gasteiger partial charge >= 0.3 is 12.1 Å². The summed E-state index contributed by atoms with van der Waals surface area (Å²) in [5.74, 6) is -1.06. The zero-order valence-corrected chi connectivity index (χ0v) is 11.4. The number of hydrogen-bond acceptors (Lipinski definition) is 4. The maximum absolute atomic E-state index is 11.7. The van der Waals surface area contributed by atoms with Crippen molar-refractivity contribution in [2.45, 2.75) is 26.4 Å². The molecule has 1 aromatic carbocycles. The third-order valence-corrected chi connectivity index (χ3v) is 2.48. The van der Waals surface area contributed by atoms with Crippen LogP contribution in [0.3, 0.4) is 0 Å². The van der Waals surface area contributed by atoms with Crippen LogP contribution in [0.15, 0.2) is 28.9 Å². The molecular weight excluding hydrogens is 262 g/mol. The lowest BCUT2D eigenvalue weighted by molar-refractivity contribution is 0.0634. The second-order valence-electron chi connectivity index (χ2n) is 5.26. The van der Waals surface area contributed by atoms with Crippen LogP contribution in [-0.4, -0.2) is 22.8 Å². The van der Waals surface area contributed by atoms with Gasteiger partial charge in [-0.05, 0) is 39.0 Å². The van der Waals surface area contributed by atoms with E-state index in [9.17, 15) is 9.59 Å². The third kappa shape index (κ3) is 2.90. The molecule has 2 N–H and O–H groups in total. The highest BCUT2D eigenvalue weighted by Gasteiger charge is 2.19. The van der Waals surface area contributed by atoms with Crippen LogP contribution in [0.25, 0.3) is 11.0 Å². The molecule has 0 aliphatic rings. The lowest BCUT2D eigenvalue weighted by atomic mass is 10.1. The van der Waals surface area contributed by atoms with Gasteiger partial charge in [0.2, 0.25) is 0 Å². The molecule has 0 atom stereocenters. The lowest BCUT2D eigenvalue weighted by Gasteiger charge is -2.19. The first-order valence-electron chi connectivity index (χ1n) is 6.01. The fourth-order valence-electron chi connectivity index (χ4n) is 1.76. The van der Waals surface area contributed by atoms with Gasteiger partial charge < -0.3 is 14.3 Å². The van der Waals surface area contributed by atoms with Gasteiger partial charge in [0.25, 0.3) is 0 Å². The van der Waals surface area contributed by atoms with Crippen LogP contribution in [0.1, 0.15) is 31.1 Å². The normalized spacial score (nSPS) is 11.3. The number of carboxylic acids is 1. The molecule has 0 radical (unpaired) electrons. The summed E-state index contributed by atoms with van der Waals surface area (Å²) >= 11 is 0. The van der Waals surface area contributed by atoms with Crippen LogP contribution in [0.5, 0.6) is 0 Å². The molecule has 0 aliphatic carbocycles. The Labute approximate surface area is 115 Å². The standard InChI is InChI=1S/C14H15NO5/c1-14(2,3)20-13(18)15-10-5-4-9(12(16)17)8-6-7-19-11(8)10/h4-7H,1-3H3,(H,15,18)(H,16,17). The van der Waals surface area contributed by atoms with E-state index in [0.717, 1.165) is 0 Å². The molecule has 1 aromatic heterocycles. The molecule has 0 bridgehead atoms. The molecular formula is C14H15NO5. The van der Waals surface area contributed by atoms with Crippen LogP contribution in [-0.2, 0) is 4.74 Å². The number of fused-ring (bicyclic) bond motifs is 1. The minimum atomic E-state index is -1.06. The number of nitrogens with one attached hydrogen (secondary N) is 1. The quantitative estimate of drug-likeness (QED) is 0.877. The first kappa shape index (κ1) is 13.9. The summed E-state index contributed by atoms with van der Waals surface area (Å²) in [7, 11) is 0. The molecule has 20 heavy (non-hydrogen) atoms. The number of carbonyl (C=O) groups is 2. The Bertz CT molecular complexity index is 666. The van der Waals surface area contributed by atoms with E-state index < -0.39 is 17.7 Å². The van der Waals surface area contributed by atoms with Crippen molar-refractivity contribution in [2.75, 3.05) is 5.32 Å². The Morgan fingerprint density at radius 2 is 1.95 bits per heavy atom. The van der Waals surface area contributed by atoms with Crippen molar-refractivity contribution in [1.29, 1.82) is 0 Å². The molecule has 106 valence electrons. The van der Waals surface area contributed by atoms with Crippen molar-refractivity contribution in [2.24, 2.45) is 0 Å². The fourth-order valence-corrected chi connectivity index (χ4v) is 1.76. The highest BCUT2D eigenvalue weighted by Crippen LogP contribution is 2.28. The number of amides is 1. The van der Waals surface area contributed by atoms with Gasteiger partial charge in [0.15, 0.2) is 5.58 Å². The SMILES string of the molecule is CC(C)(C)OC(=O)Nc1ccc(C(=O)O)c2ccoc12. The van der Waals surface area contributed by atoms with Gasteiger partial charge in [0, 0.05) is 5.39 Å². The molecule has 6 nitrogen and oxygen atoms in total. The number of ether oxygens (including phenoxy) is 1. The van der Waals surface area contributed by atoms with Gasteiger partial charge in [-0.25, -0.2) is 9.59 Å². The minimum Gasteiger partial charge on any atom is -0.478 e. The second-order valence-corrected chi connectivity index (χ2v) is 5.26. The molecule has 6 heteroatoms. The Hall–Kier alpha value is -2.50. The predicted octanol–water partition coefficient (Wildman–Crippen LogP) is 3.48. The lowest BCUT2D eigenvalue weighted by Crippen LogP contribution is -2.27. The second kappa shape index (κ2) is 4.88. The van der Waals surface area contributed by atoms with E-state index in [2.05, 4.69) is 5.32 Å². The van der Waals surface area contributed by atoms with E-state index in [0.29, 0.717) is 16.7 Å². The average Bonchev–Trinajstić information content (AvgIpc) is 2.75. The third-order valence-electron chi connectivity index (χ3n) is 2.48. The number of benzene rings is 1. The van der Waals surface area contributed by atoms with Crippen LogP contribution >= 0.6 is 0 Å². The summed E-state index contributed by atoms with van der Waals surface area (Å²) < 4.78 is 10.4. The molecule has 0 spiro atoms. The highest BCUT2D eigenvalue weighted by molar-refractivity contribution is 6.07. The molecule has 0 saturated carbocycles. The van der Waals surface area contributed by atoms with E-state index in [1.165, 1.54) is 18.4 Å². The first-order chi connectivity index (χ1) is 9.28. The predicted molar refractivity (Wildman–Crippen MR) is 73.0 cm³/mol. The van der Waals surface area contributed by atoms with Gasteiger partial charge in [-0.3, -0.25) is 5.32 Å². The van der Waals surface area contributed by atoms with E-state index in [-0.39, 0.29) is 5.56 Å². The van der Waals surface area contributed by atoms with E-state index in [1.807, 2.05) is 0 Å². The van der Waals surface area contributed by atoms with Crippen LogP contribution in [0, 0.1) is 0 Å². The summed E-state index contributed by atoms with van der Waals surface area (Å²) in [6.07, 6.45) is 0.746. The van der Waals surface area contributed by atoms with Crippen molar-refractivity contribution in [3.63, 3.8) is 0 Å². The average molecular weight is 277 g/mol. The monoisotopic (exact) mass is 277 g/mol. The van der Waals surface area contributed by atoms with E-state index >= 15 is 0 Å². The molecule has 0 saturated heterocycles. The molecule has 0 fully saturated rings. The number of hydrogen-bond donors (Lipinski definition) is 2. The van der Waals surface area contributed by atoms with Crippen LogP contribution in [0.4, 0.5) is 10.5 Å². The summed E-state index contributed by atoms with van der Waals surface area (Å²) in [6.45, 7) is 5.26. The fraction of sp³-hybridized carbons (Fsp3) is 0.286. The van der Waals surface area contributed by atoms with E-state index in [1.54, 1.807) is 26.8 Å². The largest absolute Gasteiger partial charge is 0.478 e. The van der Waals surface area contributed by atoms with Gasteiger partial charge in [-0.15, -0.1) is 0 Å². The Morgan fingerprint density at radius 3 is 2.55 bits per heavy atom. The van der Waals surface area contributed by atoms with Crippen LogP contribution < -0.4 is 5.32 Å². The summed E-state index contributed by atoms with van der Waals surface area (Å²) in [6, 6.07) is 4.42. The zero-order chi connectivity index (χ0) is 14.9. The number of carbonyl (C=O) groups excluding carboxylic acids is 1. The molecule has 1 amide bonds. The number of anilines is 1. The smallest absolute Gasteiger partial charge is 0.412 e. The van der Waals surface area contributed by atoms with Gasteiger partial charge in [0.05, 0.1) is 17.5 Å².